The van der Waals surface area contributed by atoms with Crippen molar-refractivity contribution in [3.63, 3.8) is 0 Å². The molecule has 0 fully saturated rings. The maximum Gasteiger partial charge on any atom is 0.222 e. The molecule has 0 saturated carbocycles. The van der Waals surface area contributed by atoms with Crippen LogP contribution in [0.2, 0.25) is 0 Å². The number of nitrogens with one attached hydrogen (secondary N) is 1. The third-order valence-corrected chi connectivity index (χ3v) is 1.78. The van der Waals surface area contributed by atoms with Gasteiger partial charge in [0, 0.05) is 19.1 Å². The first-order valence-corrected chi connectivity index (χ1v) is 5.11. The van der Waals surface area contributed by atoms with Gasteiger partial charge in [0.2, 0.25) is 5.91 Å². The number of aliphatic hydroxyl groups is 1. The fourth-order valence-electron chi connectivity index (χ4n) is 1.23. The van der Waals surface area contributed by atoms with Gasteiger partial charge < -0.3 is 15.2 Å². The van der Waals surface area contributed by atoms with Crippen LogP contribution < -0.4 is 5.32 Å². The molecule has 0 saturated heterocycles. The molecule has 0 aliphatic heterocycles. The third-order valence-electron chi connectivity index (χ3n) is 1.78. The van der Waals surface area contributed by atoms with Crippen LogP contribution in [0.25, 0.3) is 0 Å². The van der Waals surface area contributed by atoms with E-state index in [1.54, 1.807) is 6.92 Å². The molecule has 84 valence electrons. The lowest BCUT2D eigenvalue weighted by molar-refractivity contribution is -0.122. The Kier molecular flexibility index (Phi) is 7.42. The highest BCUT2D eigenvalue weighted by Crippen LogP contribution is 1.97. The number of rotatable bonds is 7. The summed E-state index contributed by atoms with van der Waals surface area (Å²) in [5.41, 5.74) is 0. The maximum absolute atomic E-state index is 11.2. The first-order chi connectivity index (χ1) is 6.56. The number of hydrogen-bond donors (Lipinski definition) is 2. The van der Waals surface area contributed by atoms with E-state index in [2.05, 4.69) is 5.32 Å². The Morgan fingerprint density at radius 2 is 2.14 bits per heavy atom. The topological polar surface area (TPSA) is 58.6 Å². The predicted molar refractivity (Wildman–Crippen MR) is 55.0 cm³/mol. The van der Waals surface area contributed by atoms with Crippen molar-refractivity contribution in [2.45, 2.75) is 45.8 Å². The van der Waals surface area contributed by atoms with Gasteiger partial charge in [-0.3, -0.25) is 4.79 Å². The van der Waals surface area contributed by atoms with Gasteiger partial charge in [0.25, 0.3) is 0 Å². The molecular formula is C10H21NO3. The molecule has 0 spiro atoms. The molecule has 2 atom stereocenters. The normalized spacial score (nSPS) is 14.9. The molecular weight excluding hydrogens is 182 g/mol. The molecule has 0 aromatic rings. The second-order valence-electron chi connectivity index (χ2n) is 3.50. The molecule has 0 rings (SSSR count). The van der Waals surface area contributed by atoms with Crippen LogP contribution >= 0.6 is 0 Å². The molecule has 2 unspecified atom stereocenters. The summed E-state index contributed by atoms with van der Waals surface area (Å²) in [6.45, 7) is 6.59. The van der Waals surface area contributed by atoms with E-state index in [4.69, 9.17) is 9.84 Å². The van der Waals surface area contributed by atoms with Crippen LogP contribution in [0.3, 0.4) is 0 Å². The fraction of sp³-hybridized carbons (Fsp3) is 0.900. The van der Waals surface area contributed by atoms with Crippen LogP contribution in [0.5, 0.6) is 0 Å². The zero-order valence-corrected chi connectivity index (χ0v) is 9.25. The molecule has 14 heavy (non-hydrogen) atoms. The summed E-state index contributed by atoms with van der Waals surface area (Å²) in [6, 6.07) is 0.0177. The number of ether oxygens (including phenoxy) is 1. The fourth-order valence-corrected chi connectivity index (χ4v) is 1.23. The predicted octanol–water partition coefficient (Wildman–Crippen LogP) is 0.689. The largest absolute Gasteiger partial charge is 0.393 e. The second kappa shape index (κ2) is 7.76. The van der Waals surface area contributed by atoms with Crippen LogP contribution in [-0.4, -0.2) is 36.4 Å². The summed E-state index contributed by atoms with van der Waals surface area (Å²) < 4.78 is 5.06. The quantitative estimate of drug-likeness (QED) is 0.598. The number of hydrogen-bond acceptors (Lipinski definition) is 3. The number of amides is 1. The Labute approximate surface area is 85.6 Å². The minimum absolute atomic E-state index is 0.0177. The van der Waals surface area contributed by atoms with E-state index < -0.39 is 0 Å². The standard InChI is InChI=1S/C10H21NO3/c1-4-14-6-5-10(13)11-8(2)7-9(3)12/h8-9,12H,4-7H2,1-3H3,(H,11,13). The van der Waals surface area contributed by atoms with Crippen molar-refractivity contribution in [2.75, 3.05) is 13.2 Å². The Balaban J connectivity index is 3.50. The molecule has 1 amide bonds. The van der Waals surface area contributed by atoms with Crippen molar-refractivity contribution in [3.05, 3.63) is 0 Å². The maximum atomic E-state index is 11.2. The third kappa shape index (κ3) is 8.01. The molecule has 0 aromatic carbocycles. The summed E-state index contributed by atoms with van der Waals surface area (Å²) in [4.78, 5) is 11.2. The summed E-state index contributed by atoms with van der Waals surface area (Å²) in [6.07, 6.45) is 0.593. The molecule has 0 aliphatic carbocycles. The Hall–Kier alpha value is -0.610. The summed E-state index contributed by atoms with van der Waals surface area (Å²) >= 11 is 0. The van der Waals surface area contributed by atoms with Gasteiger partial charge >= 0.3 is 0 Å². The lowest BCUT2D eigenvalue weighted by Crippen LogP contribution is -2.35. The first-order valence-electron chi connectivity index (χ1n) is 5.11. The molecule has 0 radical (unpaired) electrons. The minimum atomic E-state index is -0.378. The Bertz CT molecular complexity index is 159. The summed E-state index contributed by atoms with van der Waals surface area (Å²) in [5.74, 6) is -0.0217. The van der Waals surface area contributed by atoms with Gasteiger partial charge in [-0.1, -0.05) is 0 Å². The van der Waals surface area contributed by atoms with E-state index >= 15 is 0 Å². The molecule has 0 bridgehead atoms. The number of carbonyl (C=O) groups is 1. The van der Waals surface area contributed by atoms with Gasteiger partial charge in [0.1, 0.15) is 0 Å². The summed E-state index contributed by atoms with van der Waals surface area (Å²) in [5, 5.41) is 11.9. The summed E-state index contributed by atoms with van der Waals surface area (Å²) in [7, 11) is 0. The van der Waals surface area contributed by atoms with E-state index in [0.29, 0.717) is 26.1 Å². The Morgan fingerprint density at radius 3 is 2.64 bits per heavy atom. The molecule has 4 nitrogen and oxygen atoms in total. The van der Waals surface area contributed by atoms with Crippen molar-refractivity contribution >= 4 is 5.91 Å². The minimum Gasteiger partial charge on any atom is -0.393 e. The zero-order valence-electron chi connectivity index (χ0n) is 9.25. The smallest absolute Gasteiger partial charge is 0.222 e. The van der Waals surface area contributed by atoms with Gasteiger partial charge in [-0.05, 0) is 27.2 Å². The lowest BCUT2D eigenvalue weighted by Gasteiger charge is -2.15. The van der Waals surface area contributed by atoms with Crippen molar-refractivity contribution < 1.29 is 14.6 Å². The second-order valence-corrected chi connectivity index (χ2v) is 3.50. The lowest BCUT2D eigenvalue weighted by atomic mass is 10.1. The van der Waals surface area contributed by atoms with Crippen molar-refractivity contribution in [3.8, 4) is 0 Å². The first kappa shape index (κ1) is 13.4. The highest BCUT2D eigenvalue weighted by atomic mass is 16.5. The van der Waals surface area contributed by atoms with Crippen molar-refractivity contribution in [2.24, 2.45) is 0 Å². The highest BCUT2D eigenvalue weighted by molar-refractivity contribution is 5.76. The molecule has 0 aromatic heterocycles. The van der Waals surface area contributed by atoms with Crippen molar-refractivity contribution in [1.29, 1.82) is 0 Å². The number of aliphatic hydroxyl groups excluding tert-OH is 1. The monoisotopic (exact) mass is 203 g/mol. The van der Waals surface area contributed by atoms with E-state index in [1.165, 1.54) is 0 Å². The van der Waals surface area contributed by atoms with E-state index in [-0.39, 0.29) is 18.1 Å². The van der Waals surface area contributed by atoms with Crippen LogP contribution in [0.15, 0.2) is 0 Å². The molecule has 2 N–H and O–H groups in total. The Morgan fingerprint density at radius 1 is 1.50 bits per heavy atom. The highest BCUT2D eigenvalue weighted by Gasteiger charge is 2.09. The average molecular weight is 203 g/mol. The van der Waals surface area contributed by atoms with Gasteiger partial charge in [0.15, 0.2) is 0 Å². The molecule has 4 heteroatoms. The van der Waals surface area contributed by atoms with Crippen LogP contribution in [0, 0.1) is 0 Å². The van der Waals surface area contributed by atoms with Crippen LogP contribution in [-0.2, 0) is 9.53 Å². The van der Waals surface area contributed by atoms with E-state index in [1.807, 2.05) is 13.8 Å². The number of carbonyl (C=O) groups excluding carboxylic acids is 1. The molecule has 0 aliphatic rings. The van der Waals surface area contributed by atoms with Crippen LogP contribution in [0.1, 0.15) is 33.6 Å². The van der Waals surface area contributed by atoms with Crippen LogP contribution in [0.4, 0.5) is 0 Å². The van der Waals surface area contributed by atoms with E-state index in [0.717, 1.165) is 0 Å². The van der Waals surface area contributed by atoms with Gasteiger partial charge in [-0.25, -0.2) is 0 Å². The van der Waals surface area contributed by atoms with Crippen molar-refractivity contribution in [1.82, 2.24) is 5.32 Å². The van der Waals surface area contributed by atoms with Gasteiger partial charge in [-0.2, -0.15) is 0 Å². The van der Waals surface area contributed by atoms with E-state index in [9.17, 15) is 4.79 Å². The van der Waals surface area contributed by atoms with Gasteiger partial charge in [0.05, 0.1) is 12.7 Å². The average Bonchev–Trinajstić information content (AvgIpc) is 2.02. The molecule has 0 heterocycles. The SMILES string of the molecule is CCOCCC(=O)NC(C)CC(C)O. The zero-order chi connectivity index (χ0) is 11.0. The van der Waals surface area contributed by atoms with Gasteiger partial charge in [-0.15, -0.1) is 0 Å².